The minimum Gasteiger partial charge on any atom is -0.456 e. The third-order valence-corrected chi connectivity index (χ3v) is 15.4. The van der Waals surface area contributed by atoms with Crippen molar-refractivity contribution < 1.29 is 8.83 Å². The van der Waals surface area contributed by atoms with Crippen LogP contribution in [0, 0.1) is 0 Å². The topological polar surface area (TPSA) is 32.8 Å². The highest BCUT2D eigenvalue weighted by atomic mass is 16.3. The Morgan fingerprint density at radius 1 is 0.423 bits per heavy atom. The van der Waals surface area contributed by atoms with E-state index in [4.69, 9.17) is 8.83 Å². The molecular formula is C66H57BN2O2. The minimum atomic E-state index is -0.188. The van der Waals surface area contributed by atoms with E-state index in [0.717, 1.165) is 82.4 Å². The Balaban J connectivity index is 1.22. The molecule has 2 aromatic heterocycles. The Kier molecular flexibility index (Phi) is 10.4. The fraction of sp³-hybridized carbons (Fsp3) is 0.182. The number of anilines is 6. The van der Waals surface area contributed by atoms with E-state index >= 15 is 0 Å². The molecule has 13 rings (SSSR count). The molecule has 0 radical (unpaired) electrons. The van der Waals surface area contributed by atoms with E-state index in [9.17, 15) is 0 Å². The van der Waals surface area contributed by atoms with Crippen LogP contribution in [0.4, 0.5) is 34.1 Å². The number of hydrogen-bond acceptors (Lipinski definition) is 4. The van der Waals surface area contributed by atoms with Crippen LogP contribution >= 0.6 is 0 Å². The number of fused-ring (bicyclic) bond motifs is 10. The molecule has 0 fully saturated rings. The minimum absolute atomic E-state index is 0.0994. The van der Waals surface area contributed by atoms with Crippen LogP contribution in [-0.2, 0) is 18.3 Å². The van der Waals surface area contributed by atoms with E-state index in [-0.39, 0.29) is 12.1 Å². The van der Waals surface area contributed by atoms with Crippen molar-refractivity contribution in [3.8, 4) is 22.3 Å². The van der Waals surface area contributed by atoms with Crippen molar-refractivity contribution in [2.75, 3.05) is 9.80 Å². The summed E-state index contributed by atoms with van der Waals surface area (Å²) in [6.07, 6.45) is 6.26. The van der Waals surface area contributed by atoms with Gasteiger partial charge < -0.3 is 18.6 Å². The lowest BCUT2D eigenvalue weighted by Crippen LogP contribution is -2.61. The van der Waals surface area contributed by atoms with Gasteiger partial charge in [-0.25, -0.2) is 0 Å². The molecule has 2 aliphatic heterocycles. The van der Waals surface area contributed by atoms with Crippen LogP contribution in [0.1, 0.15) is 77.0 Å². The van der Waals surface area contributed by atoms with Gasteiger partial charge in [0.1, 0.15) is 22.3 Å². The molecule has 0 N–H and O–H groups in total. The summed E-state index contributed by atoms with van der Waals surface area (Å²) >= 11 is 0. The van der Waals surface area contributed by atoms with Crippen molar-refractivity contribution in [3.05, 3.63) is 199 Å². The number of unbranched alkanes of at least 4 members (excludes halogenated alkanes) is 2. The third kappa shape index (κ3) is 6.95. The summed E-state index contributed by atoms with van der Waals surface area (Å²) in [4.78, 5) is 5.33. The van der Waals surface area contributed by atoms with E-state index in [0.29, 0.717) is 0 Å². The molecule has 346 valence electrons. The van der Waals surface area contributed by atoms with Crippen LogP contribution in [-0.4, -0.2) is 6.71 Å². The van der Waals surface area contributed by atoms with E-state index in [1.165, 1.54) is 89.5 Å². The second-order valence-corrected chi connectivity index (χ2v) is 20.9. The monoisotopic (exact) mass is 920 g/mol. The Hall–Kier alpha value is -7.76. The molecule has 0 atom stereocenters. The molecule has 5 heteroatoms. The zero-order valence-electron chi connectivity index (χ0n) is 41.4. The predicted octanol–water partition coefficient (Wildman–Crippen LogP) is 16.9. The van der Waals surface area contributed by atoms with Crippen LogP contribution < -0.4 is 26.2 Å². The number of benzene rings is 9. The molecule has 0 saturated carbocycles. The summed E-state index contributed by atoms with van der Waals surface area (Å²) in [5.74, 6) is 0. The Morgan fingerprint density at radius 2 is 0.859 bits per heavy atom. The Labute approximate surface area is 417 Å². The Morgan fingerprint density at radius 3 is 1.30 bits per heavy atom. The molecule has 9 aromatic carbocycles. The molecular weight excluding hydrogens is 864 g/mol. The van der Waals surface area contributed by atoms with Crippen molar-refractivity contribution in [3.63, 3.8) is 0 Å². The summed E-state index contributed by atoms with van der Waals surface area (Å²) in [6, 6.07) is 67.8. The molecule has 0 aliphatic carbocycles. The first kappa shape index (κ1) is 43.3. The fourth-order valence-electron chi connectivity index (χ4n) is 11.9. The molecule has 0 bridgehead atoms. The number of hydrogen-bond donors (Lipinski definition) is 0. The highest BCUT2D eigenvalue weighted by molar-refractivity contribution is 7.00. The molecule has 71 heavy (non-hydrogen) atoms. The number of nitrogens with zero attached hydrogens (tertiary/aromatic N) is 2. The lowest BCUT2D eigenvalue weighted by molar-refractivity contribution is 0.590. The number of para-hydroxylation sites is 2. The zero-order chi connectivity index (χ0) is 48.0. The van der Waals surface area contributed by atoms with E-state index < -0.39 is 0 Å². The lowest BCUT2D eigenvalue weighted by atomic mass is 9.33. The molecule has 0 spiro atoms. The van der Waals surface area contributed by atoms with Crippen molar-refractivity contribution in [1.82, 2.24) is 0 Å². The van der Waals surface area contributed by atoms with E-state index in [2.05, 4.69) is 226 Å². The van der Waals surface area contributed by atoms with Crippen LogP contribution in [0.3, 0.4) is 0 Å². The molecule has 4 nitrogen and oxygen atoms in total. The van der Waals surface area contributed by atoms with Gasteiger partial charge in [-0.2, -0.15) is 0 Å². The molecule has 2 aliphatic rings. The maximum Gasteiger partial charge on any atom is 0.252 e. The van der Waals surface area contributed by atoms with Gasteiger partial charge in [-0.1, -0.05) is 181 Å². The van der Waals surface area contributed by atoms with Gasteiger partial charge in [-0.05, 0) is 135 Å². The summed E-state index contributed by atoms with van der Waals surface area (Å²) in [5, 5.41) is 4.60. The third-order valence-electron chi connectivity index (χ3n) is 15.4. The van der Waals surface area contributed by atoms with E-state index in [1.807, 2.05) is 0 Å². The first-order valence-corrected chi connectivity index (χ1v) is 25.8. The van der Waals surface area contributed by atoms with Crippen molar-refractivity contribution in [2.45, 2.75) is 78.6 Å². The van der Waals surface area contributed by atoms with Gasteiger partial charge in [0.25, 0.3) is 6.71 Å². The standard InChI is InChI=1S/C66H57BN2O2/c1-6-8-20-44-32-36-59-61(49-26-16-18-28-57(49)70-59)64(44)68-53-34-30-46(42-22-12-10-13-23-42)38-51(53)67-52-39-47(43-24-14-11-15-25-43)31-35-54(52)69(56-41-48(66(3,4)5)40-55(68)63(56)67)65-45(21-9-7-2)33-37-60-62(65)50-27-17-19-29-58(50)71-60/h10-19,22-41H,6-9,20-21H2,1-5H3. The molecule has 4 heterocycles. The summed E-state index contributed by atoms with van der Waals surface area (Å²) < 4.78 is 13.6. The fourth-order valence-corrected chi connectivity index (χ4v) is 11.9. The second-order valence-electron chi connectivity index (χ2n) is 20.9. The maximum absolute atomic E-state index is 6.80. The predicted molar refractivity (Wildman–Crippen MR) is 302 cm³/mol. The van der Waals surface area contributed by atoms with Gasteiger partial charge in [0.2, 0.25) is 0 Å². The molecule has 0 amide bonds. The zero-order valence-corrected chi connectivity index (χ0v) is 41.4. The SMILES string of the molecule is CCCCc1ccc2oc3ccccc3c2c1N1c2ccc(-c3ccccc3)cc2B2c3cc(-c4ccccc4)ccc3N(c3c(CCCC)ccc4oc5ccccc5c34)c3cc(C(C)(C)C)cc1c32. The van der Waals surface area contributed by atoms with Crippen LogP contribution in [0.25, 0.3) is 66.1 Å². The van der Waals surface area contributed by atoms with E-state index in [1.54, 1.807) is 0 Å². The first-order valence-electron chi connectivity index (χ1n) is 25.8. The van der Waals surface area contributed by atoms with Crippen LogP contribution in [0.2, 0.25) is 0 Å². The highest BCUT2D eigenvalue weighted by Gasteiger charge is 2.46. The second kappa shape index (κ2) is 17.0. The van der Waals surface area contributed by atoms with Crippen molar-refractivity contribution in [1.29, 1.82) is 0 Å². The number of aryl methyl sites for hydroxylation is 2. The Bertz CT molecular complexity index is 3620. The van der Waals surface area contributed by atoms with Crippen molar-refractivity contribution >= 4 is 101 Å². The lowest BCUT2D eigenvalue weighted by Gasteiger charge is -2.46. The molecule has 0 saturated heterocycles. The highest BCUT2D eigenvalue weighted by Crippen LogP contribution is 2.52. The number of furan rings is 2. The summed E-state index contributed by atoms with van der Waals surface area (Å²) in [6.45, 7) is 11.6. The maximum atomic E-state index is 6.80. The van der Waals surface area contributed by atoms with Crippen LogP contribution in [0.5, 0.6) is 0 Å². The van der Waals surface area contributed by atoms with Gasteiger partial charge in [-0.3, -0.25) is 0 Å². The van der Waals surface area contributed by atoms with Crippen molar-refractivity contribution in [2.24, 2.45) is 0 Å². The van der Waals surface area contributed by atoms with Gasteiger partial charge >= 0.3 is 0 Å². The quantitative estimate of drug-likeness (QED) is 0.128. The normalized spacial score (nSPS) is 13.1. The van der Waals surface area contributed by atoms with Gasteiger partial charge in [0, 0.05) is 33.5 Å². The average Bonchev–Trinajstić information content (AvgIpc) is 3.98. The van der Waals surface area contributed by atoms with Gasteiger partial charge in [-0.15, -0.1) is 0 Å². The smallest absolute Gasteiger partial charge is 0.252 e. The number of rotatable bonds is 10. The van der Waals surface area contributed by atoms with Crippen LogP contribution in [0.15, 0.2) is 191 Å². The van der Waals surface area contributed by atoms with Gasteiger partial charge in [0.15, 0.2) is 0 Å². The summed E-state index contributed by atoms with van der Waals surface area (Å²) in [5.41, 5.74) is 23.4. The average molecular weight is 921 g/mol. The first-order chi connectivity index (χ1) is 34.8. The molecule has 0 unspecified atom stereocenters. The molecule has 11 aromatic rings. The summed E-state index contributed by atoms with van der Waals surface area (Å²) in [7, 11) is 0. The largest absolute Gasteiger partial charge is 0.456 e. The van der Waals surface area contributed by atoms with Gasteiger partial charge in [0.05, 0.1) is 22.1 Å².